The number of aromatic nitrogens is 2. The molecule has 0 aliphatic carbocycles. The van der Waals surface area contributed by atoms with Gasteiger partial charge in [0.2, 0.25) is 0 Å². The molecule has 2 heterocycles. The lowest BCUT2D eigenvalue weighted by Gasteiger charge is -2.45. The van der Waals surface area contributed by atoms with E-state index >= 15 is 0 Å². The number of aromatic carboxylic acids is 1. The summed E-state index contributed by atoms with van der Waals surface area (Å²) in [5.74, 6) is -0.443. The maximum absolute atomic E-state index is 10.7. The first kappa shape index (κ1) is 14.7. The molecule has 1 aromatic heterocycles. The van der Waals surface area contributed by atoms with Gasteiger partial charge in [-0.1, -0.05) is 13.8 Å². The van der Waals surface area contributed by atoms with Gasteiger partial charge in [0.05, 0.1) is 12.4 Å². The van der Waals surface area contributed by atoms with Gasteiger partial charge in [0.15, 0.2) is 5.69 Å². The van der Waals surface area contributed by atoms with Crippen LogP contribution in [0.4, 0.5) is 5.82 Å². The highest BCUT2D eigenvalue weighted by Crippen LogP contribution is 2.34. The molecule has 0 bridgehead atoms. The fourth-order valence-corrected chi connectivity index (χ4v) is 2.87. The average Bonchev–Trinajstić information content (AvgIpc) is 2.38. The molecule has 0 radical (unpaired) electrons. The Hall–Kier alpha value is -1.69. The third kappa shape index (κ3) is 3.25. The Morgan fingerprint density at radius 2 is 2.25 bits per heavy atom. The zero-order chi connectivity index (χ0) is 14.8. The summed E-state index contributed by atoms with van der Waals surface area (Å²) in [6.45, 7) is 6.46. The molecule has 1 aliphatic rings. The molecule has 6 nitrogen and oxygen atoms in total. The van der Waals surface area contributed by atoms with E-state index in [2.05, 4.69) is 41.1 Å². The van der Waals surface area contributed by atoms with E-state index in [0.717, 1.165) is 13.1 Å². The van der Waals surface area contributed by atoms with Crippen molar-refractivity contribution in [2.75, 3.05) is 25.5 Å². The van der Waals surface area contributed by atoms with Gasteiger partial charge in [-0.05, 0) is 31.8 Å². The molecule has 0 saturated carbocycles. The Balaban J connectivity index is 1.98. The molecule has 6 heteroatoms. The van der Waals surface area contributed by atoms with Crippen LogP contribution in [0.3, 0.4) is 0 Å². The Morgan fingerprint density at radius 1 is 1.50 bits per heavy atom. The van der Waals surface area contributed by atoms with E-state index in [9.17, 15) is 4.79 Å². The summed E-state index contributed by atoms with van der Waals surface area (Å²) in [6.07, 6.45) is 5.19. The number of carboxylic acid groups (broad SMARTS) is 1. The second-order valence-corrected chi connectivity index (χ2v) is 6.06. The van der Waals surface area contributed by atoms with Gasteiger partial charge in [-0.3, -0.25) is 0 Å². The van der Waals surface area contributed by atoms with Crippen LogP contribution in [0.2, 0.25) is 0 Å². The van der Waals surface area contributed by atoms with Crippen molar-refractivity contribution in [1.82, 2.24) is 14.9 Å². The number of piperidine rings is 1. The molecular weight excluding hydrogens is 256 g/mol. The minimum Gasteiger partial charge on any atom is -0.476 e. The van der Waals surface area contributed by atoms with Gasteiger partial charge >= 0.3 is 5.97 Å². The number of hydrogen-bond acceptors (Lipinski definition) is 5. The Morgan fingerprint density at radius 3 is 2.80 bits per heavy atom. The highest BCUT2D eigenvalue weighted by atomic mass is 16.4. The molecule has 0 aromatic carbocycles. The van der Waals surface area contributed by atoms with Crippen LogP contribution >= 0.6 is 0 Å². The van der Waals surface area contributed by atoms with E-state index in [4.69, 9.17) is 5.11 Å². The minimum absolute atomic E-state index is 0.0364. The van der Waals surface area contributed by atoms with Crippen LogP contribution in [-0.4, -0.2) is 52.1 Å². The first-order valence-corrected chi connectivity index (χ1v) is 6.89. The van der Waals surface area contributed by atoms with Crippen LogP contribution in [0.25, 0.3) is 0 Å². The van der Waals surface area contributed by atoms with Gasteiger partial charge in [-0.2, -0.15) is 0 Å². The van der Waals surface area contributed by atoms with Gasteiger partial charge in [0.1, 0.15) is 5.82 Å². The predicted octanol–water partition coefficient (Wildman–Crippen LogP) is 1.71. The summed E-state index contributed by atoms with van der Waals surface area (Å²) in [5.41, 5.74) is 0.222. The lowest BCUT2D eigenvalue weighted by Crippen LogP contribution is -2.51. The van der Waals surface area contributed by atoms with Crippen molar-refractivity contribution in [2.24, 2.45) is 5.41 Å². The summed E-state index contributed by atoms with van der Waals surface area (Å²) in [7, 11) is 2.15. The average molecular weight is 278 g/mol. The Kier molecular flexibility index (Phi) is 4.23. The summed E-state index contributed by atoms with van der Waals surface area (Å²) < 4.78 is 0. The molecule has 1 saturated heterocycles. The first-order valence-electron chi connectivity index (χ1n) is 6.89. The van der Waals surface area contributed by atoms with Gasteiger partial charge < -0.3 is 15.3 Å². The molecule has 0 spiro atoms. The minimum atomic E-state index is -1.06. The fourth-order valence-electron chi connectivity index (χ4n) is 2.87. The molecule has 1 aromatic rings. The van der Waals surface area contributed by atoms with E-state index in [1.807, 2.05) is 0 Å². The normalized spacial score (nSPS) is 22.4. The molecule has 1 atom stereocenters. The van der Waals surface area contributed by atoms with E-state index < -0.39 is 5.97 Å². The van der Waals surface area contributed by atoms with E-state index in [1.54, 1.807) is 0 Å². The van der Waals surface area contributed by atoms with Gasteiger partial charge in [0.25, 0.3) is 0 Å². The highest BCUT2D eigenvalue weighted by Gasteiger charge is 2.35. The topological polar surface area (TPSA) is 78.4 Å². The largest absolute Gasteiger partial charge is 0.476 e. The molecule has 2 rings (SSSR count). The van der Waals surface area contributed by atoms with Crippen LogP contribution in [0.1, 0.15) is 37.2 Å². The number of carbonyl (C=O) groups is 1. The molecule has 2 N–H and O–H groups in total. The molecule has 20 heavy (non-hydrogen) atoms. The Bertz CT molecular complexity index is 473. The van der Waals surface area contributed by atoms with Crippen LogP contribution < -0.4 is 5.32 Å². The highest BCUT2D eigenvalue weighted by molar-refractivity contribution is 5.84. The molecule has 1 unspecified atom stereocenters. The molecule has 0 amide bonds. The van der Waals surface area contributed by atoms with Crippen molar-refractivity contribution in [3.63, 3.8) is 0 Å². The lowest BCUT2D eigenvalue weighted by atomic mass is 9.76. The standard InChI is InChI=1S/C14H22N4O2/c1-14(2)5-4-6-18(3)11(14)8-17-12-9-15-10(7-16-12)13(19)20/h7,9,11H,4-6,8H2,1-3H3,(H,16,17)(H,19,20). The number of nitrogens with zero attached hydrogens (tertiary/aromatic N) is 3. The van der Waals surface area contributed by atoms with E-state index in [1.165, 1.54) is 25.2 Å². The zero-order valence-electron chi connectivity index (χ0n) is 12.3. The molecule has 110 valence electrons. The Labute approximate surface area is 119 Å². The first-order chi connectivity index (χ1) is 9.40. The van der Waals surface area contributed by atoms with Crippen LogP contribution in [0.15, 0.2) is 12.4 Å². The van der Waals surface area contributed by atoms with Crippen molar-refractivity contribution in [3.05, 3.63) is 18.1 Å². The summed E-state index contributed by atoms with van der Waals surface area (Å²) in [5, 5.41) is 12.0. The van der Waals surface area contributed by atoms with Gasteiger partial charge in [0, 0.05) is 12.6 Å². The van der Waals surface area contributed by atoms with Crippen molar-refractivity contribution < 1.29 is 9.90 Å². The van der Waals surface area contributed by atoms with Crippen molar-refractivity contribution in [1.29, 1.82) is 0 Å². The molecule has 1 aliphatic heterocycles. The number of rotatable bonds is 4. The quantitative estimate of drug-likeness (QED) is 0.873. The van der Waals surface area contributed by atoms with Crippen molar-refractivity contribution in [2.45, 2.75) is 32.7 Å². The van der Waals surface area contributed by atoms with Gasteiger partial charge in [-0.25, -0.2) is 14.8 Å². The molecular formula is C14H22N4O2. The molecule has 1 fully saturated rings. The number of nitrogens with one attached hydrogen (secondary N) is 1. The summed E-state index contributed by atoms with van der Waals surface area (Å²) >= 11 is 0. The SMILES string of the molecule is CN1CCCC(C)(C)C1CNc1cnc(C(=O)O)cn1. The van der Waals surface area contributed by atoms with E-state index in [0.29, 0.717) is 11.9 Å². The number of carboxylic acids is 1. The van der Waals surface area contributed by atoms with Crippen LogP contribution in [0, 0.1) is 5.41 Å². The number of hydrogen-bond donors (Lipinski definition) is 2. The van der Waals surface area contributed by atoms with Gasteiger partial charge in [-0.15, -0.1) is 0 Å². The second kappa shape index (κ2) is 5.75. The van der Waals surface area contributed by atoms with E-state index in [-0.39, 0.29) is 11.1 Å². The van der Waals surface area contributed by atoms with Crippen LogP contribution in [-0.2, 0) is 0 Å². The maximum Gasteiger partial charge on any atom is 0.356 e. The van der Waals surface area contributed by atoms with Crippen molar-refractivity contribution in [3.8, 4) is 0 Å². The monoisotopic (exact) mass is 278 g/mol. The number of likely N-dealkylation sites (tertiary alicyclic amines) is 1. The fraction of sp³-hybridized carbons (Fsp3) is 0.643. The number of likely N-dealkylation sites (N-methyl/N-ethyl adjacent to an activating group) is 1. The summed E-state index contributed by atoms with van der Waals surface area (Å²) in [6, 6.07) is 0.428. The maximum atomic E-state index is 10.7. The predicted molar refractivity (Wildman–Crippen MR) is 76.9 cm³/mol. The summed E-state index contributed by atoms with van der Waals surface area (Å²) in [4.78, 5) is 21.0. The lowest BCUT2D eigenvalue weighted by molar-refractivity contribution is 0.0671. The third-order valence-corrected chi connectivity index (χ3v) is 4.11. The third-order valence-electron chi connectivity index (χ3n) is 4.11. The zero-order valence-corrected chi connectivity index (χ0v) is 12.3. The smallest absolute Gasteiger partial charge is 0.356 e. The van der Waals surface area contributed by atoms with Crippen LogP contribution in [0.5, 0.6) is 0 Å². The van der Waals surface area contributed by atoms with Crippen molar-refractivity contribution >= 4 is 11.8 Å². The number of anilines is 1. The second-order valence-electron chi connectivity index (χ2n) is 6.06.